The maximum atomic E-state index is 14.0. The molecule has 1 N–H and O–H groups in total. The normalized spacial score (nSPS) is 16.5. The second-order valence-electron chi connectivity index (χ2n) is 9.26. The number of rotatable bonds is 4. The van der Waals surface area contributed by atoms with Crippen molar-refractivity contribution in [3.8, 4) is 10.8 Å². The van der Waals surface area contributed by atoms with Gasteiger partial charge < -0.3 is 19.5 Å². The number of hydrogen-bond acceptors (Lipinski definition) is 4. The third-order valence-corrected chi connectivity index (χ3v) is 9.29. The lowest BCUT2D eigenvalue weighted by Crippen LogP contribution is -2.38. The monoisotopic (exact) mass is 515 g/mol. The van der Waals surface area contributed by atoms with E-state index in [1.165, 1.54) is 38.7 Å². The molecule has 36 heavy (non-hydrogen) atoms. The highest BCUT2D eigenvalue weighted by Crippen LogP contribution is 2.44. The molecule has 7 heteroatoms. The van der Waals surface area contributed by atoms with Crippen LogP contribution in [0.3, 0.4) is 0 Å². The average molecular weight is 516 g/mol. The second kappa shape index (κ2) is 9.71. The Morgan fingerprint density at radius 2 is 1.81 bits per heavy atom. The molecule has 4 aromatic rings. The zero-order valence-electron chi connectivity index (χ0n) is 20.5. The van der Waals surface area contributed by atoms with Gasteiger partial charge in [-0.05, 0) is 91.6 Å². The van der Waals surface area contributed by atoms with E-state index in [1.807, 2.05) is 40.5 Å². The number of fused-ring (bicyclic) bond motifs is 5. The van der Waals surface area contributed by atoms with E-state index in [4.69, 9.17) is 4.74 Å². The molecule has 2 amide bonds. The summed E-state index contributed by atoms with van der Waals surface area (Å²) in [6, 6.07) is 20.1. The first kappa shape index (κ1) is 23.3. The van der Waals surface area contributed by atoms with E-state index >= 15 is 0 Å². The van der Waals surface area contributed by atoms with Crippen LogP contribution < -0.4 is 10.1 Å². The van der Waals surface area contributed by atoms with Crippen molar-refractivity contribution < 1.29 is 9.53 Å². The Balaban J connectivity index is 1.46. The molecule has 0 unspecified atom stereocenters. The van der Waals surface area contributed by atoms with Crippen LogP contribution in [0.15, 0.2) is 71.8 Å². The second-order valence-corrected chi connectivity index (χ2v) is 11.2. The number of thiophene rings is 1. The Bertz CT molecular complexity index is 1390. The van der Waals surface area contributed by atoms with Gasteiger partial charge in [0.1, 0.15) is 10.8 Å². The first-order chi connectivity index (χ1) is 17.7. The van der Waals surface area contributed by atoms with E-state index in [1.54, 1.807) is 18.9 Å². The van der Waals surface area contributed by atoms with Crippen LogP contribution in [0.1, 0.15) is 46.1 Å². The summed E-state index contributed by atoms with van der Waals surface area (Å²) in [7, 11) is 1.64. The quantitative estimate of drug-likeness (QED) is 0.290. The molecule has 0 spiro atoms. The summed E-state index contributed by atoms with van der Waals surface area (Å²) in [6.07, 6.45) is 8.94. The number of hydrogen-bond donors (Lipinski definition) is 1. The van der Waals surface area contributed by atoms with Gasteiger partial charge in [-0.1, -0.05) is 12.1 Å². The van der Waals surface area contributed by atoms with Crippen molar-refractivity contribution in [3.05, 3.63) is 94.1 Å². The van der Waals surface area contributed by atoms with Gasteiger partial charge in [-0.15, -0.1) is 23.1 Å². The molecule has 1 aliphatic carbocycles. The topological polar surface area (TPSA) is 46.5 Å². The van der Waals surface area contributed by atoms with E-state index in [9.17, 15) is 4.79 Å². The van der Waals surface area contributed by atoms with Crippen molar-refractivity contribution in [3.63, 3.8) is 0 Å². The number of thioether (sulfide) groups is 1. The predicted octanol–water partition coefficient (Wildman–Crippen LogP) is 7.29. The fraction of sp³-hybridized carbons (Fsp3) is 0.276. The number of carbonyl (C=O) groups is 1. The van der Waals surface area contributed by atoms with Crippen molar-refractivity contribution in [1.82, 2.24) is 9.47 Å². The van der Waals surface area contributed by atoms with E-state index in [0.717, 1.165) is 35.5 Å². The van der Waals surface area contributed by atoms with Crippen LogP contribution in [0.4, 0.5) is 10.5 Å². The van der Waals surface area contributed by atoms with Gasteiger partial charge in [-0.3, -0.25) is 0 Å². The van der Waals surface area contributed by atoms with E-state index in [-0.39, 0.29) is 12.1 Å². The van der Waals surface area contributed by atoms with Gasteiger partial charge in [0.25, 0.3) is 0 Å². The van der Waals surface area contributed by atoms with Crippen LogP contribution in [0.2, 0.25) is 0 Å². The van der Waals surface area contributed by atoms with Crippen molar-refractivity contribution in [2.75, 3.05) is 18.7 Å². The van der Waals surface area contributed by atoms with Crippen molar-refractivity contribution >= 4 is 34.8 Å². The Kier molecular flexibility index (Phi) is 6.27. The summed E-state index contributed by atoms with van der Waals surface area (Å²) < 4.78 is 7.61. The molecule has 184 valence electrons. The summed E-state index contributed by atoms with van der Waals surface area (Å²) in [5, 5.41) is 4.43. The molecule has 3 heterocycles. The lowest BCUT2D eigenvalue weighted by atomic mass is 9.95. The highest BCUT2D eigenvalue weighted by Gasteiger charge is 2.36. The minimum Gasteiger partial charge on any atom is -0.497 e. The number of urea groups is 1. The van der Waals surface area contributed by atoms with Gasteiger partial charge in [0.15, 0.2) is 0 Å². The molecular weight excluding hydrogens is 486 g/mol. The molecule has 1 aliphatic heterocycles. The number of ether oxygens (including phenoxy) is 1. The van der Waals surface area contributed by atoms with Crippen LogP contribution in [-0.2, 0) is 19.4 Å². The number of benzene rings is 2. The van der Waals surface area contributed by atoms with Crippen LogP contribution >= 0.6 is 23.1 Å². The van der Waals surface area contributed by atoms with Crippen molar-refractivity contribution in [1.29, 1.82) is 0 Å². The van der Waals surface area contributed by atoms with Crippen LogP contribution in [-0.4, -0.2) is 28.9 Å². The molecule has 6 rings (SSSR count). The molecular formula is C29H29N3O2S2. The van der Waals surface area contributed by atoms with Gasteiger partial charge in [0.2, 0.25) is 0 Å². The lowest BCUT2D eigenvalue weighted by molar-refractivity contribution is 0.194. The zero-order chi connectivity index (χ0) is 24.6. The minimum atomic E-state index is -0.201. The van der Waals surface area contributed by atoms with E-state index < -0.39 is 0 Å². The van der Waals surface area contributed by atoms with Crippen LogP contribution in [0.25, 0.3) is 5.00 Å². The summed E-state index contributed by atoms with van der Waals surface area (Å²) in [5.74, 6) is 0.766. The summed E-state index contributed by atoms with van der Waals surface area (Å²) in [5.41, 5.74) is 5.75. The van der Waals surface area contributed by atoms with Gasteiger partial charge >= 0.3 is 6.03 Å². The fourth-order valence-corrected chi connectivity index (χ4v) is 7.21. The minimum absolute atomic E-state index is 0.101. The van der Waals surface area contributed by atoms with Crippen molar-refractivity contribution in [2.45, 2.75) is 43.2 Å². The van der Waals surface area contributed by atoms with Crippen molar-refractivity contribution in [2.24, 2.45) is 0 Å². The third-order valence-electron chi connectivity index (χ3n) is 7.21. The van der Waals surface area contributed by atoms with Gasteiger partial charge in [0.05, 0.1) is 25.4 Å². The number of methoxy groups -OCH3 is 1. The smallest absolute Gasteiger partial charge is 0.322 e. The Morgan fingerprint density at radius 1 is 1.03 bits per heavy atom. The first-order valence-electron chi connectivity index (χ1n) is 12.3. The number of nitrogens with zero attached hydrogens (tertiary/aromatic N) is 2. The lowest BCUT2D eigenvalue weighted by Gasteiger charge is -2.31. The molecule has 2 aromatic heterocycles. The van der Waals surface area contributed by atoms with Gasteiger partial charge in [-0.2, -0.15) is 0 Å². The molecule has 0 fully saturated rings. The highest BCUT2D eigenvalue weighted by atomic mass is 32.2. The largest absolute Gasteiger partial charge is 0.497 e. The standard InChI is InChI=1S/C29H29N3O2S2/c1-34-21-13-11-20(12-14-21)30-29(33)32-18-24-23-6-3-4-8-26(23)36-28(24)31-17-5-7-25(31)27(32)19-9-15-22(35-2)16-10-19/h5,7,9-17,27H,3-4,6,8,18H2,1-2H3,(H,30,33)/t27-/m1/s1. The number of anilines is 1. The highest BCUT2D eigenvalue weighted by molar-refractivity contribution is 7.98. The Labute approximate surface area is 220 Å². The molecule has 0 saturated heterocycles. The number of amides is 2. The summed E-state index contributed by atoms with van der Waals surface area (Å²) in [6.45, 7) is 0.583. The third kappa shape index (κ3) is 4.10. The first-order valence-corrected chi connectivity index (χ1v) is 14.4. The van der Waals surface area contributed by atoms with Gasteiger partial charge in [0, 0.05) is 27.2 Å². The maximum Gasteiger partial charge on any atom is 0.322 e. The number of aromatic nitrogens is 1. The molecule has 0 radical (unpaired) electrons. The predicted molar refractivity (Wildman–Crippen MR) is 148 cm³/mol. The number of carbonyl (C=O) groups excluding carboxylic acids is 1. The van der Waals surface area contributed by atoms with E-state index in [0.29, 0.717) is 6.54 Å². The fourth-order valence-electron chi connectivity index (χ4n) is 5.39. The Hall–Kier alpha value is -3.16. The SMILES string of the molecule is COc1ccc(NC(=O)N2Cc3c(sc4c3CCCC4)-n3cccc3[C@H]2c2ccc(SC)cc2)cc1. The van der Waals surface area contributed by atoms with Crippen LogP contribution in [0, 0.1) is 0 Å². The van der Waals surface area contributed by atoms with E-state index in [2.05, 4.69) is 58.7 Å². The van der Waals surface area contributed by atoms with Gasteiger partial charge in [-0.25, -0.2) is 4.79 Å². The molecule has 0 saturated carbocycles. The molecule has 5 nitrogen and oxygen atoms in total. The summed E-state index contributed by atoms with van der Waals surface area (Å²) in [4.78, 5) is 18.7. The molecule has 2 aromatic carbocycles. The van der Waals surface area contributed by atoms with Crippen LogP contribution in [0.5, 0.6) is 5.75 Å². The molecule has 0 bridgehead atoms. The average Bonchev–Trinajstić information content (AvgIpc) is 3.51. The zero-order valence-corrected chi connectivity index (χ0v) is 22.1. The molecule has 1 atom stereocenters. The Morgan fingerprint density at radius 3 is 2.56 bits per heavy atom. The summed E-state index contributed by atoms with van der Waals surface area (Å²) >= 11 is 3.64. The number of nitrogens with one attached hydrogen (secondary N) is 1. The maximum absolute atomic E-state index is 14.0. The number of aryl methyl sites for hydroxylation is 1. The molecule has 2 aliphatic rings.